The quantitative estimate of drug-likeness (QED) is 0.520. The molecule has 0 saturated carbocycles. The zero-order chi connectivity index (χ0) is 24.9. The van der Waals surface area contributed by atoms with Crippen LogP contribution in [0.2, 0.25) is 0 Å². The lowest BCUT2D eigenvalue weighted by Crippen LogP contribution is -2.52. The van der Waals surface area contributed by atoms with Gasteiger partial charge in [0, 0.05) is 50.3 Å². The zero-order valence-electron chi connectivity index (χ0n) is 20.7. The van der Waals surface area contributed by atoms with E-state index in [0.29, 0.717) is 31.0 Å². The molecule has 0 unspecified atom stereocenters. The van der Waals surface area contributed by atoms with E-state index < -0.39 is 11.6 Å². The van der Waals surface area contributed by atoms with Crippen LogP contribution in [-0.4, -0.2) is 62.8 Å². The highest BCUT2D eigenvalue weighted by Gasteiger charge is 2.35. The number of esters is 1. The summed E-state index contributed by atoms with van der Waals surface area (Å²) in [7, 11) is 4.71. The molecule has 1 fully saturated rings. The first kappa shape index (κ1) is 25.4. The van der Waals surface area contributed by atoms with Gasteiger partial charge in [0.1, 0.15) is 11.6 Å². The van der Waals surface area contributed by atoms with E-state index in [4.69, 9.17) is 14.2 Å². The van der Waals surface area contributed by atoms with Crippen molar-refractivity contribution in [3.8, 4) is 11.5 Å². The minimum absolute atomic E-state index is 0.216. The second-order valence-corrected chi connectivity index (χ2v) is 9.40. The number of halogens is 2. The Morgan fingerprint density at radius 3 is 2.46 bits per heavy atom. The van der Waals surface area contributed by atoms with Crippen LogP contribution in [0, 0.1) is 17.6 Å². The Morgan fingerprint density at radius 1 is 1.03 bits per heavy atom. The molecule has 2 aromatic rings. The maximum Gasteiger partial charge on any atom is 0.305 e. The Balaban J connectivity index is 1.49. The third kappa shape index (κ3) is 5.93. The molecule has 0 amide bonds. The van der Waals surface area contributed by atoms with E-state index in [1.54, 1.807) is 14.2 Å². The first-order chi connectivity index (χ1) is 16.9. The largest absolute Gasteiger partial charge is 0.493 e. The summed E-state index contributed by atoms with van der Waals surface area (Å²) in [6.07, 6.45) is 2.89. The van der Waals surface area contributed by atoms with Crippen LogP contribution in [0.15, 0.2) is 30.3 Å². The molecular formula is C27H34F2N2O4. The first-order valence-electron chi connectivity index (χ1n) is 12.1. The van der Waals surface area contributed by atoms with Gasteiger partial charge in [-0.05, 0) is 61.1 Å². The van der Waals surface area contributed by atoms with Crippen molar-refractivity contribution in [2.24, 2.45) is 5.92 Å². The summed E-state index contributed by atoms with van der Waals surface area (Å²) in [6.45, 7) is 3.71. The Kier molecular flexibility index (Phi) is 8.23. The highest BCUT2D eigenvalue weighted by molar-refractivity contribution is 5.69. The Hall–Kier alpha value is -2.71. The number of likely N-dealkylation sites (tertiary alicyclic amines) is 1. The normalized spacial score (nSPS) is 20.8. The lowest BCUT2D eigenvalue weighted by molar-refractivity contribution is -0.141. The van der Waals surface area contributed by atoms with Crippen LogP contribution in [0.1, 0.15) is 36.0 Å². The van der Waals surface area contributed by atoms with Gasteiger partial charge in [-0.3, -0.25) is 14.6 Å². The molecule has 8 heteroatoms. The van der Waals surface area contributed by atoms with Crippen molar-refractivity contribution in [3.63, 3.8) is 0 Å². The molecule has 2 atom stereocenters. The highest BCUT2D eigenvalue weighted by Crippen LogP contribution is 2.36. The maximum atomic E-state index is 14.3. The molecule has 0 aromatic heterocycles. The van der Waals surface area contributed by atoms with Crippen molar-refractivity contribution in [1.82, 2.24) is 9.80 Å². The van der Waals surface area contributed by atoms with Crippen LogP contribution in [0.4, 0.5) is 8.78 Å². The van der Waals surface area contributed by atoms with E-state index in [9.17, 15) is 13.6 Å². The number of nitrogens with zero attached hydrogens (tertiary/aromatic N) is 2. The molecule has 190 valence electrons. The van der Waals surface area contributed by atoms with Gasteiger partial charge in [-0.15, -0.1) is 0 Å². The molecule has 2 aliphatic heterocycles. The molecule has 0 radical (unpaired) electrons. The van der Waals surface area contributed by atoms with Gasteiger partial charge in [0.25, 0.3) is 0 Å². The first-order valence-corrected chi connectivity index (χ1v) is 12.1. The Morgan fingerprint density at radius 2 is 1.77 bits per heavy atom. The summed E-state index contributed by atoms with van der Waals surface area (Å²) in [5.74, 6) is 0.401. The fraction of sp³-hybridized carbons (Fsp3) is 0.519. The van der Waals surface area contributed by atoms with E-state index in [1.165, 1.54) is 30.4 Å². The van der Waals surface area contributed by atoms with E-state index in [-0.39, 0.29) is 11.9 Å². The Bertz CT molecular complexity index is 1050. The minimum atomic E-state index is -0.569. The summed E-state index contributed by atoms with van der Waals surface area (Å²) in [5.41, 5.74) is 3.00. The topological polar surface area (TPSA) is 51.2 Å². The lowest BCUT2D eigenvalue weighted by Gasteiger charge is -2.45. The van der Waals surface area contributed by atoms with Crippen LogP contribution >= 0.6 is 0 Å². The summed E-state index contributed by atoms with van der Waals surface area (Å²) in [5, 5.41) is 0. The monoisotopic (exact) mass is 488 g/mol. The highest BCUT2D eigenvalue weighted by atomic mass is 19.1. The van der Waals surface area contributed by atoms with E-state index >= 15 is 0 Å². The van der Waals surface area contributed by atoms with Crippen LogP contribution < -0.4 is 9.47 Å². The molecule has 0 aliphatic carbocycles. The van der Waals surface area contributed by atoms with Crippen molar-refractivity contribution in [1.29, 1.82) is 0 Å². The van der Waals surface area contributed by atoms with Gasteiger partial charge < -0.3 is 14.2 Å². The number of piperidine rings is 1. The summed E-state index contributed by atoms with van der Waals surface area (Å²) in [4.78, 5) is 16.6. The van der Waals surface area contributed by atoms with Crippen LogP contribution in [-0.2, 0) is 29.0 Å². The van der Waals surface area contributed by atoms with Crippen molar-refractivity contribution in [2.75, 3.05) is 41.0 Å². The molecule has 6 nitrogen and oxygen atoms in total. The number of rotatable bonds is 8. The molecule has 0 N–H and O–H groups in total. The molecule has 2 heterocycles. The summed E-state index contributed by atoms with van der Waals surface area (Å²) < 4.78 is 43.5. The number of hydrogen-bond donors (Lipinski definition) is 0. The number of hydrogen-bond acceptors (Lipinski definition) is 6. The number of fused-ring (bicyclic) bond motifs is 1. The maximum absolute atomic E-state index is 14.3. The fourth-order valence-corrected chi connectivity index (χ4v) is 5.49. The van der Waals surface area contributed by atoms with Crippen LogP contribution in [0.5, 0.6) is 11.5 Å². The number of carbonyl (C=O) groups is 1. The molecular weight excluding hydrogens is 454 g/mol. The zero-order valence-corrected chi connectivity index (χ0v) is 20.7. The lowest BCUT2D eigenvalue weighted by atomic mass is 9.85. The second-order valence-electron chi connectivity index (χ2n) is 9.40. The van der Waals surface area contributed by atoms with Gasteiger partial charge in [0.05, 0.1) is 21.3 Å². The number of ether oxygens (including phenoxy) is 3. The van der Waals surface area contributed by atoms with Gasteiger partial charge in [-0.25, -0.2) is 8.78 Å². The fourth-order valence-electron chi connectivity index (χ4n) is 5.49. The SMILES string of the molecule is COC(=O)CC[C@@H]1CN(Cc2ccc(F)cc2F)CC[C@@H]1N1CCc2cc(OC)c(OC)cc2C1. The summed E-state index contributed by atoms with van der Waals surface area (Å²) in [6, 6.07) is 8.19. The smallest absolute Gasteiger partial charge is 0.305 e. The molecule has 0 bridgehead atoms. The minimum Gasteiger partial charge on any atom is -0.493 e. The van der Waals surface area contributed by atoms with E-state index in [0.717, 1.165) is 56.6 Å². The van der Waals surface area contributed by atoms with Gasteiger partial charge in [-0.2, -0.15) is 0 Å². The average Bonchev–Trinajstić information content (AvgIpc) is 2.87. The molecule has 0 spiro atoms. The average molecular weight is 489 g/mol. The van der Waals surface area contributed by atoms with Gasteiger partial charge >= 0.3 is 5.97 Å². The van der Waals surface area contributed by atoms with Crippen molar-refractivity contribution in [2.45, 2.75) is 44.8 Å². The number of methoxy groups -OCH3 is 3. The van der Waals surface area contributed by atoms with E-state index in [2.05, 4.69) is 21.9 Å². The number of benzene rings is 2. The van der Waals surface area contributed by atoms with Crippen molar-refractivity contribution >= 4 is 5.97 Å². The van der Waals surface area contributed by atoms with Crippen molar-refractivity contribution in [3.05, 3.63) is 58.7 Å². The third-order valence-electron chi connectivity index (χ3n) is 7.35. The number of carbonyl (C=O) groups excluding carboxylic acids is 1. The molecule has 4 rings (SSSR count). The van der Waals surface area contributed by atoms with Crippen LogP contribution in [0.3, 0.4) is 0 Å². The van der Waals surface area contributed by atoms with Gasteiger partial charge in [0.15, 0.2) is 11.5 Å². The molecule has 1 saturated heterocycles. The predicted octanol–water partition coefficient (Wildman–Crippen LogP) is 4.18. The standard InChI is InChI=1S/C27H34F2N2O4/c1-33-25-12-18-8-11-31(17-21(18)13-26(25)34-2)24-9-10-30(16-20(24)5-7-27(32)35-3)15-19-4-6-22(28)14-23(19)29/h4,6,12-14,20,24H,5,7-11,15-17H2,1-3H3/t20-,24+/m1/s1. The molecule has 2 aliphatic rings. The van der Waals surface area contributed by atoms with Gasteiger partial charge in [0.2, 0.25) is 0 Å². The third-order valence-corrected chi connectivity index (χ3v) is 7.35. The summed E-state index contributed by atoms with van der Waals surface area (Å²) >= 11 is 0. The molecule has 35 heavy (non-hydrogen) atoms. The van der Waals surface area contributed by atoms with E-state index in [1.807, 2.05) is 0 Å². The second kappa shape index (κ2) is 11.4. The van der Waals surface area contributed by atoms with Crippen molar-refractivity contribution < 1.29 is 27.8 Å². The Labute approximate surface area is 205 Å². The van der Waals surface area contributed by atoms with Crippen LogP contribution in [0.25, 0.3) is 0 Å². The predicted molar refractivity (Wildman–Crippen MR) is 128 cm³/mol. The van der Waals surface area contributed by atoms with Gasteiger partial charge in [-0.1, -0.05) is 6.07 Å². The molecule has 2 aromatic carbocycles.